The minimum atomic E-state index is -0.125. The van der Waals surface area contributed by atoms with Crippen LogP contribution in [0, 0.1) is 0 Å². The Morgan fingerprint density at radius 2 is 2.12 bits per heavy atom. The predicted octanol–water partition coefficient (Wildman–Crippen LogP) is 2.65. The summed E-state index contributed by atoms with van der Waals surface area (Å²) in [7, 11) is 0. The van der Waals surface area contributed by atoms with Crippen molar-refractivity contribution < 1.29 is 9.59 Å². The molecule has 1 aliphatic heterocycles. The molecule has 1 aromatic carbocycles. The lowest BCUT2D eigenvalue weighted by Gasteiger charge is -2.26. The van der Waals surface area contributed by atoms with Gasteiger partial charge in [0.15, 0.2) is 5.13 Å². The molecule has 7 heteroatoms. The first-order valence-electron chi connectivity index (χ1n) is 8.38. The van der Waals surface area contributed by atoms with E-state index < -0.39 is 0 Å². The number of carbonyl (C=O) groups is 2. The van der Waals surface area contributed by atoms with Crippen LogP contribution < -0.4 is 10.2 Å². The fourth-order valence-electron chi connectivity index (χ4n) is 2.75. The number of hydrogen-bond donors (Lipinski definition) is 1. The van der Waals surface area contributed by atoms with Crippen LogP contribution in [0.25, 0.3) is 0 Å². The maximum atomic E-state index is 12.8. The topological polar surface area (TPSA) is 65.5 Å². The number of benzene rings is 1. The average molecular weight is 358 g/mol. The summed E-state index contributed by atoms with van der Waals surface area (Å²) in [5, 5.41) is 5.27. The van der Waals surface area contributed by atoms with Gasteiger partial charge in [0, 0.05) is 31.1 Å². The number of carbonyl (C=O) groups excluding carboxylic acids is 2. The average Bonchev–Trinajstić information content (AvgIpc) is 3.21. The van der Waals surface area contributed by atoms with Crippen molar-refractivity contribution in [1.29, 1.82) is 0 Å². The van der Waals surface area contributed by atoms with Crippen LogP contribution in [-0.2, 0) is 17.8 Å². The number of urea groups is 1. The van der Waals surface area contributed by atoms with Gasteiger partial charge in [0.2, 0.25) is 5.91 Å². The van der Waals surface area contributed by atoms with Crippen molar-refractivity contribution in [3.63, 3.8) is 0 Å². The molecule has 1 aliphatic rings. The standard InChI is InChI=1S/C18H22N4O2S/c1-13(2)22(11-14-6-4-3-5-7-14)16(23)10-15-12-25-18(20-15)21-9-8-19-17(21)24/h3-7,12-13H,8-11H2,1-2H3,(H,19,24). The number of hydrogen-bond acceptors (Lipinski definition) is 4. The van der Waals surface area contributed by atoms with E-state index in [2.05, 4.69) is 10.3 Å². The van der Waals surface area contributed by atoms with E-state index in [0.717, 1.165) is 5.56 Å². The molecule has 0 spiro atoms. The number of nitrogens with one attached hydrogen (secondary N) is 1. The second kappa shape index (κ2) is 7.65. The van der Waals surface area contributed by atoms with Gasteiger partial charge in [-0.15, -0.1) is 11.3 Å². The zero-order valence-electron chi connectivity index (χ0n) is 14.4. The van der Waals surface area contributed by atoms with Crippen LogP contribution in [0.1, 0.15) is 25.1 Å². The smallest absolute Gasteiger partial charge is 0.323 e. The molecular formula is C18H22N4O2S. The minimum Gasteiger partial charge on any atom is -0.336 e. The van der Waals surface area contributed by atoms with Gasteiger partial charge in [-0.25, -0.2) is 9.78 Å². The third kappa shape index (κ3) is 4.17. The minimum absolute atomic E-state index is 0.0431. The van der Waals surface area contributed by atoms with E-state index in [4.69, 9.17) is 0 Å². The Kier molecular flexibility index (Phi) is 5.33. The number of thiazole rings is 1. The molecule has 1 saturated heterocycles. The zero-order valence-corrected chi connectivity index (χ0v) is 15.3. The highest BCUT2D eigenvalue weighted by Crippen LogP contribution is 2.23. The van der Waals surface area contributed by atoms with Gasteiger partial charge < -0.3 is 10.2 Å². The van der Waals surface area contributed by atoms with E-state index >= 15 is 0 Å². The third-order valence-electron chi connectivity index (χ3n) is 4.10. The van der Waals surface area contributed by atoms with Gasteiger partial charge in [-0.1, -0.05) is 30.3 Å². The highest BCUT2D eigenvalue weighted by atomic mass is 32.1. The maximum absolute atomic E-state index is 12.8. The van der Waals surface area contributed by atoms with E-state index in [9.17, 15) is 9.59 Å². The van der Waals surface area contributed by atoms with Gasteiger partial charge in [-0.2, -0.15) is 0 Å². The van der Waals surface area contributed by atoms with Gasteiger partial charge >= 0.3 is 6.03 Å². The molecule has 1 N–H and O–H groups in total. The lowest BCUT2D eigenvalue weighted by atomic mass is 10.1. The zero-order chi connectivity index (χ0) is 17.8. The van der Waals surface area contributed by atoms with Crippen molar-refractivity contribution in [3.8, 4) is 0 Å². The molecule has 132 valence electrons. The Labute approximate surface area is 151 Å². The fraction of sp³-hybridized carbons (Fsp3) is 0.389. The molecule has 0 bridgehead atoms. The SMILES string of the molecule is CC(C)N(Cc1ccccc1)C(=O)Cc1csc(N2CCNC2=O)n1. The van der Waals surface area contributed by atoms with Crippen LogP contribution in [0.4, 0.5) is 9.93 Å². The molecule has 0 aliphatic carbocycles. The first kappa shape index (κ1) is 17.4. The van der Waals surface area contributed by atoms with Crippen LogP contribution in [0.5, 0.6) is 0 Å². The number of nitrogens with zero attached hydrogens (tertiary/aromatic N) is 3. The van der Waals surface area contributed by atoms with E-state index in [-0.39, 0.29) is 24.4 Å². The van der Waals surface area contributed by atoms with Gasteiger partial charge in [-0.05, 0) is 19.4 Å². The molecule has 3 amide bonds. The van der Waals surface area contributed by atoms with Crippen LogP contribution in [0.15, 0.2) is 35.7 Å². The predicted molar refractivity (Wildman–Crippen MR) is 98.7 cm³/mol. The molecule has 25 heavy (non-hydrogen) atoms. The first-order chi connectivity index (χ1) is 12.0. The summed E-state index contributed by atoms with van der Waals surface area (Å²) in [6.07, 6.45) is 0.247. The van der Waals surface area contributed by atoms with Gasteiger partial charge in [-0.3, -0.25) is 9.69 Å². The molecule has 1 fully saturated rings. The van der Waals surface area contributed by atoms with Crippen molar-refractivity contribution in [2.45, 2.75) is 32.9 Å². The van der Waals surface area contributed by atoms with Gasteiger partial charge in [0.05, 0.1) is 12.1 Å². The fourth-order valence-corrected chi connectivity index (χ4v) is 3.60. The van der Waals surface area contributed by atoms with Crippen molar-refractivity contribution in [2.75, 3.05) is 18.0 Å². The monoisotopic (exact) mass is 358 g/mol. The molecule has 2 heterocycles. The second-order valence-corrected chi connectivity index (χ2v) is 7.12. The highest BCUT2D eigenvalue weighted by molar-refractivity contribution is 7.14. The molecule has 0 atom stereocenters. The third-order valence-corrected chi connectivity index (χ3v) is 5.01. The molecule has 6 nitrogen and oxygen atoms in total. The molecule has 2 aromatic rings. The van der Waals surface area contributed by atoms with E-state index in [1.54, 1.807) is 4.90 Å². The van der Waals surface area contributed by atoms with E-state index in [0.29, 0.717) is 30.5 Å². The largest absolute Gasteiger partial charge is 0.336 e. The van der Waals surface area contributed by atoms with Crippen molar-refractivity contribution in [3.05, 3.63) is 47.0 Å². The first-order valence-corrected chi connectivity index (χ1v) is 9.25. The highest BCUT2D eigenvalue weighted by Gasteiger charge is 2.25. The summed E-state index contributed by atoms with van der Waals surface area (Å²) in [5.74, 6) is 0.0431. The Hall–Kier alpha value is -2.41. The Bertz CT molecular complexity index is 745. The van der Waals surface area contributed by atoms with Gasteiger partial charge in [0.25, 0.3) is 0 Å². The normalized spacial score (nSPS) is 14.0. The number of aromatic nitrogens is 1. The summed E-state index contributed by atoms with van der Waals surface area (Å²) in [6, 6.07) is 9.95. The van der Waals surface area contributed by atoms with Gasteiger partial charge in [0.1, 0.15) is 0 Å². The Balaban J connectivity index is 1.67. The maximum Gasteiger partial charge on any atom is 0.323 e. The molecule has 0 saturated carbocycles. The number of rotatable bonds is 6. The molecule has 0 radical (unpaired) electrons. The molecule has 1 aromatic heterocycles. The summed E-state index contributed by atoms with van der Waals surface area (Å²) >= 11 is 1.40. The molecule has 0 unspecified atom stereocenters. The molecule has 3 rings (SSSR count). The van der Waals surface area contributed by atoms with Crippen molar-refractivity contribution in [1.82, 2.24) is 15.2 Å². The van der Waals surface area contributed by atoms with Crippen LogP contribution >= 0.6 is 11.3 Å². The summed E-state index contributed by atoms with van der Waals surface area (Å²) in [4.78, 5) is 32.4. The summed E-state index contributed by atoms with van der Waals surface area (Å²) < 4.78 is 0. The number of anilines is 1. The van der Waals surface area contributed by atoms with Crippen molar-refractivity contribution in [2.24, 2.45) is 0 Å². The van der Waals surface area contributed by atoms with E-state index in [1.165, 1.54) is 11.3 Å². The van der Waals surface area contributed by atoms with Crippen LogP contribution in [-0.4, -0.2) is 41.0 Å². The van der Waals surface area contributed by atoms with E-state index in [1.807, 2.05) is 54.5 Å². The Morgan fingerprint density at radius 1 is 1.36 bits per heavy atom. The quantitative estimate of drug-likeness (QED) is 0.863. The lowest BCUT2D eigenvalue weighted by molar-refractivity contribution is -0.132. The lowest BCUT2D eigenvalue weighted by Crippen LogP contribution is -2.37. The molecular weight excluding hydrogens is 336 g/mol. The summed E-state index contributed by atoms with van der Waals surface area (Å²) in [5.41, 5.74) is 1.82. The summed E-state index contributed by atoms with van der Waals surface area (Å²) in [6.45, 7) is 5.86. The van der Waals surface area contributed by atoms with Crippen LogP contribution in [0.3, 0.4) is 0 Å². The van der Waals surface area contributed by atoms with Crippen molar-refractivity contribution >= 4 is 28.4 Å². The second-order valence-electron chi connectivity index (χ2n) is 6.28. The number of amides is 3. The Morgan fingerprint density at radius 3 is 2.76 bits per heavy atom. The van der Waals surface area contributed by atoms with Crippen LogP contribution in [0.2, 0.25) is 0 Å².